The highest BCUT2D eigenvalue weighted by molar-refractivity contribution is 9.10. The van der Waals surface area contributed by atoms with Gasteiger partial charge in [0.1, 0.15) is 17.4 Å². The van der Waals surface area contributed by atoms with Crippen molar-refractivity contribution in [1.29, 1.82) is 0 Å². The standard InChI is InChI=1S/C16H16BrN3O/c1-10-4-2-3-7-20(10)16-15-14(18-9-19-16)12-8-11(17)5-6-13(12)21-15/h5-6,8-10H,2-4,7H2,1H3. The molecule has 5 heteroatoms. The summed E-state index contributed by atoms with van der Waals surface area (Å²) in [6.07, 6.45) is 5.35. The van der Waals surface area contributed by atoms with Crippen molar-refractivity contribution in [3.05, 3.63) is 29.0 Å². The molecule has 4 rings (SSSR count). The summed E-state index contributed by atoms with van der Waals surface area (Å²) < 4.78 is 7.08. The molecule has 1 aliphatic heterocycles. The van der Waals surface area contributed by atoms with Crippen LogP contribution >= 0.6 is 15.9 Å². The van der Waals surface area contributed by atoms with Crippen LogP contribution in [0.15, 0.2) is 33.4 Å². The lowest BCUT2D eigenvalue weighted by Gasteiger charge is -2.34. The van der Waals surface area contributed by atoms with Crippen LogP contribution in [-0.4, -0.2) is 22.6 Å². The largest absolute Gasteiger partial charge is 0.450 e. The second kappa shape index (κ2) is 4.98. The van der Waals surface area contributed by atoms with Crippen LogP contribution in [0.5, 0.6) is 0 Å². The highest BCUT2D eigenvalue weighted by Crippen LogP contribution is 2.35. The second-order valence-corrected chi connectivity index (χ2v) is 6.57. The summed E-state index contributed by atoms with van der Waals surface area (Å²) in [7, 11) is 0. The molecule has 0 N–H and O–H groups in total. The van der Waals surface area contributed by atoms with Crippen LogP contribution in [-0.2, 0) is 0 Å². The van der Waals surface area contributed by atoms with Gasteiger partial charge in [0.2, 0.25) is 0 Å². The Bertz CT molecular complexity index is 814. The molecule has 1 fully saturated rings. The van der Waals surface area contributed by atoms with Crippen LogP contribution in [0.3, 0.4) is 0 Å². The SMILES string of the molecule is CC1CCCCN1c1ncnc2c1oc1ccc(Br)cc12. The highest BCUT2D eigenvalue weighted by atomic mass is 79.9. The van der Waals surface area contributed by atoms with Crippen LogP contribution in [0, 0.1) is 0 Å². The van der Waals surface area contributed by atoms with Crippen LogP contribution in [0.1, 0.15) is 26.2 Å². The maximum absolute atomic E-state index is 6.05. The molecule has 108 valence electrons. The maximum atomic E-state index is 6.05. The lowest BCUT2D eigenvalue weighted by Crippen LogP contribution is -2.38. The molecule has 2 aromatic heterocycles. The van der Waals surface area contributed by atoms with E-state index in [1.807, 2.05) is 12.1 Å². The van der Waals surface area contributed by atoms with E-state index >= 15 is 0 Å². The van der Waals surface area contributed by atoms with E-state index in [-0.39, 0.29) is 0 Å². The number of halogens is 1. The minimum atomic E-state index is 0.497. The molecule has 0 saturated carbocycles. The van der Waals surface area contributed by atoms with Crippen molar-refractivity contribution in [2.75, 3.05) is 11.4 Å². The monoisotopic (exact) mass is 345 g/mol. The van der Waals surface area contributed by atoms with Crippen LogP contribution in [0.25, 0.3) is 22.1 Å². The van der Waals surface area contributed by atoms with Gasteiger partial charge in [0, 0.05) is 22.4 Å². The van der Waals surface area contributed by atoms with Crippen molar-refractivity contribution < 1.29 is 4.42 Å². The first-order valence-electron chi connectivity index (χ1n) is 7.33. The third-order valence-corrected chi connectivity index (χ3v) is 4.76. The van der Waals surface area contributed by atoms with Gasteiger partial charge in [-0.2, -0.15) is 0 Å². The Morgan fingerprint density at radius 3 is 3.05 bits per heavy atom. The number of anilines is 1. The fourth-order valence-corrected chi connectivity index (χ4v) is 3.51. The molecule has 1 saturated heterocycles. The van der Waals surface area contributed by atoms with Gasteiger partial charge in [0.15, 0.2) is 11.4 Å². The van der Waals surface area contributed by atoms with Crippen molar-refractivity contribution in [3.8, 4) is 0 Å². The molecule has 1 atom stereocenters. The number of rotatable bonds is 1. The minimum Gasteiger partial charge on any atom is -0.450 e. The van der Waals surface area contributed by atoms with Gasteiger partial charge in [0.05, 0.1) is 0 Å². The Morgan fingerprint density at radius 1 is 1.29 bits per heavy atom. The molecule has 1 aromatic carbocycles. The van der Waals surface area contributed by atoms with E-state index in [1.165, 1.54) is 19.3 Å². The number of hydrogen-bond acceptors (Lipinski definition) is 4. The predicted molar refractivity (Wildman–Crippen MR) is 87.7 cm³/mol. The zero-order valence-electron chi connectivity index (χ0n) is 11.8. The number of piperidine rings is 1. The van der Waals surface area contributed by atoms with Crippen LogP contribution < -0.4 is 4.90 Å². The molecule has 0 radical (unpaired) electrons. The van der Waals surface area contributed by atoms with E-state index in [0.717, 1.165) is 38.9 Å². The zero-order chi connectivity index (χ0) is 14.4. The lowest BCUT2D eigenvalue weighted by molar-refractivity contribution is 0.479. The molecule has 0 amide bonds. The summed E-state index contributed by atoms with van der Waals surface area (Å²) in [5.74, 6) is 0.930. The first-order chi connectivity index (χ1) is 10.2. The Morgan fingerprint density at radius 2 is 2.19 bits per heavy atom. The van der Waals surface area contributed by atoms with Crippen molar-refractivity contribution in [2.24, 2.45) is 0 Å². The van der Waals surface area contributed by atoms with E-state index in [4.69, 9.17) is 4.42 Å². The second-order valence-electron chi connectivity index (χ2n) is 5.66. The fourth-order valence-electron chi connectivity index (χ4n) is 3.15. The summed E-state index contributed by atoms with van der Waals surface area (Å²) in [5.41, 5.74) is 2.56. The molecule has 3 heterocycles. The van der Waals surface area contributed by atoms with Crippen LogP contribution in [0.4, 0.5) is 5.82 Å². The highest BCUT2D eigenvalue weighted by Gasteiger charge is 2.24. The zero-order valence-corrected chi connectivity index (χ0v) is 13.4. The van der Waals surface area contributed by atoms with Crippen molar-refractivity contribution in [3.63, 3.8) is 0 Å². The smallest absolute Gasteiger partial charge is 0.196 e. The molecule has 21 heavy (non-hydrogen) atoms. The maximum Gasteiger partial charge on any atom is 0.196 e. The van der Waals surface area contributed by atoms with E-state index in [1.54, 1.807) is 6.33 Å². The lowest BCUT2D eigenvalue weighted by atomic mass is 10.0. The predicted octanol–water partition coefficient (Wildman–Crippen LogP) is 4.52. The molecule has 1 aliphatic rings. The van der Waals surface area contributed by atoms with E-state index in [9.17, 15) is 0 Å². The average molecular weight is 346 g/mol. The van der Waals surface area contributed by atoms with Gasteiger partial charge in [-0.3, -0.25) is 0 Å². The van der Waals surface area contributed by atoms with E-state index in [0.29, 0.717) is 6.04 Å². The normalized spacial score (nSPS) is 19.5. The Labute approximate surface area is 131 Å². The third-order valence-electron chi connectivity index (χ3n) is 4.27. The summed E-state index contributed by atoms with van der Waals surface area (Å²) in [5, 5.41) is 1.03. The number of aromatic nitrogens is 2. The van der Waals surface area contributed by atoms with E-state index in [2.05, 4.69) is 43.8 Å². The molecule has 3 aromatic rings. The average Bonchev–Trinajstić information content (AvgIpc) is 2.86. The van der Waals surface area contributed by atoms with Gasteiger partial charge in [-0.15, -0.1) is 0 Å². The first kappa shape index (κ1) is 13.1. The quantitative estimate of drug-likeness (QED) is 0.650. The van der Waals surface area contributed by atoms with Gasteiger partial charge >= 0.3 is 0 Å². The summed E-state index contributed by atoms with van der Waals surface area (Å²) >= 11 is 3.51. The van der Waals surface area contributed by atoms with Crippen molar-refractivity contribution in [1.82, 2.24) is 9.97 Å². The van der Waals surface area contributed by atoms with Gasteiger partial charge in [0.25, 0.3) is 0 Å². The van der Waals surface area contributed by atoms with Gasteiger partial charge in [-0.05, 0) is 44.4 Å². The first-order valence-corrected chi connectivity index (χ1v) is 8.13. The number of hydrogen-bond donors (Lipinski definition) is 0. The molecule has 1 unspecified atom stereocenters. The molecular formula is C16H16BrN3O. The Hall–Kier alpha value is -1.62. The number of nitrogens with zero attached hydrogens (tertiary/aromatic N) is 3. The minimum absolute atomic E-state index is 0.497. The summed E-state index contributed by atoms with van der Waals surface area (Å²) in [4.78, 5) is 11.3. The van der Waals surface area contributed by atoms with Crippen molar-refractivity contribution >= 4 is 43.8 Å². The van der Waals surface area contributed by atoms with Gasteiger partial charge in [-0.25, -0.2) is 9.97 Å². The molecule has 0 bridgehead atoms. The van der Waals surface area contributed by atoms with Gasteiger partial charge in [-0.1, -0.05) is 15.9 Å². The summed E-state index contributed by atoms with van der Waals surface area (Å²) in [6, 6.07) is 6.51. The molecule has 0 aliphatic carbocycles. The molecule has 4 nitrogen and oxygen atoms in total. The molecular weight excluding hydrogens is 330 g/mol. The third kappa shape index (κ3) is 2.11. The fraction of sp³-hybridized carbons (Fsp3) is 0.375. The molecule has 0 spiro atoms. The van der Waals surface area contributed by atoms with Gasteiger partial charge < -0.3 is 9.32 Å². The number of benzene rings is 1. The van der Waals surface area contributed by atoms with Crippen LogP contribution in [0.2, 0.25) is 0 Å². The Kier molecular flexibility index (Phi) is 3.10. The van der Waals surface area contributed by atoms with Crippen molar-refractivity contribution in [2.45, 2.75) is 32.2 Å². The number of fused-ring (bicyclic) bond motifs is 3. The summed E-state index contributed by atoms with van der Waals surface area (Å²) in [6.45, 7) is 3.29. The number of furan rings is 1. The Balaban J connectivity index is 1.95. The van der Waals surface area contributed by atoms with E-state index < -0.39 is 0 Å². The topological polar surface area (TPSA) is 42.2 Å².